The predicted molar refractivity (Wildman–Crippen MR) is 72.1 cm³/mol. The lowest BCUT2D eigenvalue weighted by atomic mass is 10.2. The van der Waals surface area contributed by atoms with Gasteiger partial charge in [-0.05, 0) is 30.3 Å². The fourth-order valence-electron chi connectivity index (χ4n) is 1.44. The molecule has 0 aliphatic rings. The summed E-state index contributed by atoms with van der Waals surface area (Å²) in [6.45, 7) is 0. The van der Waals surface area contributed by atoms with E-state index in [-0.39, 0.29) is 5.69 Å². The van der Waals surface area contributed by atoms with Crippen LogP contribution in [0.5, 0.6) is 11.5 Å². The van der Waals surface area contributed by atoms with Crippen molar-refractivity contribution in [3.8, 4) is 17.6 Å². The molecular weight excluding hydrogens is 271 g/mol. The van der Waals surface area contributed by atoms with E-state index in [0.717, 1.165) is 0 Å². The van der Waals surface area contributed by atoms with Gasteiger partial charge in [0.25, 0.3) is 0 Å². The molecule has 2 rings (SSSR count). The molecule has 0 radical (unpaired) electrons. The van der Waals surface area contributed by atoms with Crippen LogP contribution >= 0.6 is 23.2 Å². The molecule has 0 fully saturated rings. The summed E-state index contributed by atoms with van der Waals surface area (Å²) in [5, 5.41) is 9.80. The lowest BCUT2D eigenvalue weighted by molar-refractivity contribution is 0.485. The number of ether oxygens (including phenoxy) is 1. The van der Waals surface area contributed by atoms with Crippen LogP contribution in [0, 0.1) is 11.3 Å². The van der Waals surface area contributed by atoms with Crippen molar-refractivity contribution in [1.82, 2.24) is 0 Å². The maximum atomic E-state index is 8.87. The molecule has 0 aromatic heterocycles. The number of nitrogens with two attached hydrogens (primary N) is 1. The number of nitriles is 1. The Morgan fingerprint density at radius 3 is 2.39 bits per heavy atom. The summed E-state index contributed by atoms with van der Waals surface area (Å²) in [6, 6.07) is 11.8. The summed E-state index contributed by atoms with van der Waals surface area (Å²) in [4.78, 5) is 0. The van der Waals surface area contributed by atoms with Crippen LogP contribution in [0.25, 0.3) is 0 Å². The number of benzene rings is 2. The van der Waals surface area contributed by atoms with Gasteiger partial charge in [-0.25, -0.2) is 0 Å². The molecule has 0 saturated heterocycles. The highest BCUT2D eigenvalue weighted by Gasteiger charge is 2.07. The van der Waals surface area contributed by atoms with Gasteiger partial charge in [-0.2, -0.15) is 5.26 Å². The molecule has 3 nitrogen and oxygen atoms in total. The molecule has 0 amide bonds. The second-order valence-electron chi connectivity index (χ2n) is 3.54. The average molecular weight is 279 g/mol. The monoisotopic (exact) mass is 278 g/mol. The molecule has 5 heteroatoms. The van der Waals surface area contributed by atoms with Crippen LogP contribution in [0.1, 0.15) is 5.56 Å². The molecule has 2 N–H and O–H groups in total. The Bertz CT molecular complexity index is 615. The average Bonchev–Trinajstić information content (AvgIpc) is 2.30. The van der Waals surface area contributed by atoms with E-state index in [9.17, 15) is 0 Å². The molecule has 0 unspecified atom stereocenters. The maximum Gasteiger partial charge on any atom is 0.151 e. The summed E-state index contributed by atoms with van der Waals surface area (Å²) in [5.74, 6) is 0.863. The van der Waals surface area contributed by atoms with Crippen molar-refractivity contribution in [3.05, 3.63) is 52.0 Å². The summed E-state index contributed by atoms with van der Waals surface area (Å²) in [6.07, 6.45) is 0. The maximum absolute atomic E-state index is 8.87. The zero-order valence-corrected chi connectivity index (χ0v) is 10.7. The van der Waals surface area contributed by atoms with Gasteiger partial charge in [0.05, 0.1) is 11.3 Å². The van der Waals surface area contributed by atoms with Crippen LogP contribution in [0.2, 0.25) is 10.0 Å². The third kappa shape index (κ3) is 2.67. The molecular formula is C13H8Cl2N2O. The number of nitrogen functional groups attached to an aromatic ring is 1. The van der Waals surface area contributed by atoms with Crippen molar-refractivity contribution in [2.24, 2.45) is 0 Å². The third-order valence-corrected chi connectivity index (χ3v) is 2.69. The molecule has 0 saturated carbocycles. The zero-order chi connectivity index (χ0) is 13.1. The van der Waals surface area contributed by atoms with Gasteiger partial charge in [0, 0.05) is 10.0 Å². The van der Waals surface area contributed by atoms with Gasteiger partial charge in [-0.1, -0.05) is 29.3 Å². The first-order chi connectivity index (χ1) is 8.60. The first kappa shape index (κ1) is 12.6. The summed E-state index contributed by atoms with van der Waals surface area (Å²) in [5.41, 5.74) is 6.45. The Morgan fingerprint density at radius 2 is 1.78 bits per heavy atom. The molecule has 18 heavy (non-hydrogen) atoms. The van der Waals surface area contributed by atoms with Crippen molar-refractivity contribution in [1.29, 1.82) is 5.26 Å². The summed E-state index contributed by atoms with van der Waals surface area (Å²) >= 11 is 11.7. The second kappa shape index (κ2) is 5.18. The molecule has 0 heterocycles. The van der Waals surface area contributed by atoms with E-state index in [1.165, 1.54) is 0 Å². The topological polar surface area (TPSA) is 59.0 Å². The fraction of sp³-hybridized carbons (Fsp3) is 0. The highest BCUT2D eigenvalue weighted by molar-refractivity contribution is 6.34. The Morgan fingerprint density at radius 1 is 1.11 bits per heavy atom. The van der Waals surface area contributed by atoms with E-state index in [1.54, 1.807) is 36.4 Å². The molecule has 0 spiro atoms. The van der Waals surface area contributed by atoms with E-state index >= 15 is 0 Å². The van der Waals surface area contributed by atoms with Crippen molar-refractivity contribution < 1.29 is 4.74 Å². The van der Waals surface area contributed by atoms with Crippen LogP contribution in [-0.2, 0) is 0 Å². The smallest absolute Gasteiger partial charge is 0.151 e. The standard InChI is InChI=1S/C13H8Cl2N2O/c14-9-4-10(15)6-11(5-9)18-12-3-1-2-8(7-16)13(12)17/h1-6H,17H2. The second-order valence-corrected chi connectivity index (χ2v) is 4.41. The van der Waals surface area contributed by atoms with Gasteiger partial charge in [0.1, 0.15) is 11.8 Å². The predicted octanol–water partition coefficient (Wildman–Crippen LogP) is 4.24. The Labute approximate surface area is 114 Å². The van der Waals surface area contributed by atoms with Gasteiger partial charge >= 0.3 is 0 Å². The largest absolute Gasteiger partial charge is 0.455 e. The van der Waals surface area contributed by atoms with E-state index in [1.807, 2.05) is 6.07 Å². The van der Waals surface area contributed by atoms with Crippen molar-refractivity contribution in [3.63, 3.8) is 0 Å². The lowest BCUT2D eigenvalue weighted by Crippen LogP contribution is -1.95. The Balaban J connectivity index is 2.37. The van der Waals surface area contributed by atoms with Crippen LogP contribution < -0.4 is 10.5 Å². The van der Waals surface area contributed by atoms with Gasteiger partial charge in [0.2, 0.25) is 0 Å². The Kier molecular flexibility index (Phi) is 3.61. The number of nitrogens with zero attached hydrogens (tertiary/aromatic N) is 1. The number of rotatable bonds is 2. The minimum atomic E-state index is 0.288. The number of para-hydroxylation sites is 1. The van der Waals surface area contributed by atoms with Crippen LogP contribution in [0.3, 0.4) is 0 Å². The van der Waals surface area contributed by atoms with E-state index < -0.39 is 0 Å². The number of hydrogen-bond donors (Lipinski definition) is 1. The molecule has 0 aliphatic heterocycles. The van der Waals surface area contributed by atoms with Gasteiger partial charge in [-0.15, -0.1) is 0 Å². The molecule has 2 aromatic carbocycles. The molecule has 2 aromatic rings. The lowest BCUT2D eigenvalue weighted by Gasteiger charge is -2.09. The van der Waals surface area contributed by atoms with E-state index in [0.29, 0.717) is 27.1 Å². The first-order valence-corrected chi connectivity index (χ1v) is 5.78. The van der Waals surface area contributed by atoms with Crippen LogP contribution in [0.4, 0.5) is 5.69 Å². The van der Waals surface area contributed by atoms with Crippen LogP contribution in [0.15, 0.2) is 36.4 Å². The van der Waals surface area contributed by atoms with Crippen LogP contribution in [-0.4, -0.2) is 0 Å². The van der Waals surface area contributed by atoms with Crippen molar-refractivity contribution in [2.45, 2.75) is 0 Å². The van der Waals surface area contributed by atoms with Gasteiger partial charge < -0.3 is 10.5 Å². The summed E-state index contributed by atoms with van der Waals surface area (Å²) in [7, 11) is 0. The molecule has 0 atom stereocenters. The SMILES string of the molecule is N#Cc1cccc(Oc2cc(Cl)cc(Cl)c2)c1N. The zero-order valence-electron chi connectivity index (χ0n) is 9.15. The van der Waals surface area contributed by atoms with E-state index in [4.69, 9.17) is 38.9 Å². The number of anilines is 1. The minimum absolute atomic E-state index is 0.288. The Hall–Kier alpha value is -1.89. The van der Waals surface area contributed by atoms with E-state index in [2.05, 4.69) is 0 Å². The van der Waals surface area contributed by atoms with Gasteiger partial charge in [0.15, 0.2) is 5.75 Å². The number of halogens is 2. The first-order valence-electron chi connectivity index (χ1n) is 5.02. The third-order valence-electron chi connectivity index (χ3n) is 2.25. The highest BCUT2D eigenvalue weighted by Crippen LogP contribution is 2.32. The van der Waals surface area contributed by atoms with Gasteiger partial charge in [-0.3, -0.25) is 0 Å². The van der Waals surface area contributed by atoms with Crippen molar-refractivity contribution in [2.75, 3.05) is 5.73 Å². The molecule has 0 bridgehead atoms. The van der Waals surface area contributed by atoms with Crippen molar-refractivity contribution >= 4 is 28.9 Å². The normalized spacial score (nSPS) is 9.83. The molecule has 0 aliphatic carbocycles. The minimum Gasteiger partial charge on any atom is -0.455 e. The molecule has 90 valence electrons. The highest BCUT2D eigenvalue weighted by atomic mass is 35.5. The summed E-state index contributed by atoms with van der Waals surface area (Å²) < 4.78 is 5.57. The quantitative estimate of drug-likeness (QED) is 0.836. The fourth-order valence-corrected chi connectivity index (χ4v) is 1.95. The number of hydrogen-bond acceptors (Lipinski definition) is 3.